The van der Waals surface area contributed by atoms with Crippen molar-refractivity contribution in [1.82, 2.24) is 0 Å². The van der Waals surface area contributed by atoms with Gasteiger partial charge in [0, 0.05) is 0 Å². The van der Waals surface area contributed by atoms with Crippen LogP contribution in [0.5, 0.6) is 0 Å². The molecular weight excluding hydrogens is 451 g/mol. The molecule has 4 nitrogen and oxygen atoms in total. The fraction of sp³-hybridized carbons (Fsp3) is 0.765. The Hall–Kier alpha value is 0.927. The molecule has 0 aromatic heterocycles. The SMILES string of the molecule is CC(C)(C)O[Si](C)(C)[O][Zr]([O][Si](C)(C)OC(C)(C)C)[C]1=CC=CC1.Cl. The third kappa shape index (κ3) is 11.4. The summed E-state index contributed by atoms with van der Waals surface area (Å²) in [5.41, 5.74) is -0.414. The molecule has 0 heterocycles. The van der Waals surface area contributed by atoms with Gasteiger partial charge in [-0.3, -0.25) is 0 Å². The van der Waals surface area contributed by atoms with Crippen molar-refractivity contribution in [2.24, 2.45) is 0 Å². The molecule has 0 amide bonds. The summed E-state index contributed by atoms with van der Waals surface area (Å²) >= 11 is -2.72. The van der Waals surface area contributed by atoms with Gasteiger partial charge in [-0.2, -0.15) is 0 Å². The normalized spacial score (nSPS) is 15.8. The Bertz CT molecular complexity index is 464. The Morgan fingerprint density at radius 3 is 1.52 bits per heavy atom. The van der Waals surface area contributed by atoms with E-state index in [1.54, 1.807) is 0 Å². The third-order valence-electron chi connectivity index (χ3n) is 2.81. The molecule has 0 aromatic rings. The van der Waals surface area contributed by atoms with Gasteiger partial charge in [0.1, 0.15) is 0 Å². The van der Waals surface area contributed by atoms with E-state index in [-0.39, 0.29) is 23.6 Å². The first-order chi connectivity index (χ1) is 10.6. The van der Waals surface area contributed by atoms with Crippen LogP contribution in [-0.4, -0.2) is 28.3 Å². The number of rotatable bonds is 7. The molecule has 25 heavy (non-hydrogen) atoms. The summed E-state index contributed by atoms with van der Waals surface area (Å²) in [6.07, 6.45) is 7.37. The van der Waals surface area contributed by atoms with Crippen molar-refractivity contribution in [3.05, 3.63) is 21.5 Å². The molecule has 0 atom stereocenters. The smallest absolute Gasteiger partial charge is 0.147 e. The van der Waals surface area contributed by atoms with E-state index in [1.165, 1.54) is 3.28 Å². The Morgan fingerprint density at radius 1 is 0.840 bits per heavy atom. The van der Waals surface area contributed by atoms with Gasteiger partial charge in [0.2, 0.25) is 0 Å². The zero-order valence-electron chi connectivity index (χ0n) is 17.5. The maximum Gasteiger partial charge on any atom is -0.147 e. The predicted octanol–water partition coefficient (Wildman–Crippen LogP) is 5.77. The summed E-state index contributed by atoms with van der Waals surface area (Å²) in [5.74, 6) is 0. The fourth-order valence-electron chi connectivity index (χ4n) is 2.71. The second-order valence-electron chi connectivity index (χ2n) is 9.04. The van der Waals surface area contributed by atoms with E-state index in [9.17, 15) is 0 Å². The summed E-state index contributed by atoms with van der Waals surface area (Å²) in [4.78, 5) is 0. The van der Waals surface area contributed by atoms with Crippen LogP contribution < -0.4 is 0 Å². The van der Waals surface area contributed by atoms with Crippen molar-refractivity contribution < 1.29 is 36.5 Å². The minimum atomic E-state index is -2.72. The molecule has 1 aliphatic carbocycles. The first-order valence-electron chi connectivity index (χ1n) is 8.60. The molecule has 0 saturated carbocycles. The number of halogens is 1. The van der Waals surface area contributed by atoms with Crippen molar-refractivity contribution in [2.45, 2.75) is 85.4 Å². The first kappa shape index (κ1) is 25.9. The molecule has 0 aromatic carbocycles. The Kier molecular flexibility index (Phi) is 9.77. The van der Waals surface area contributed by atoms with Crippen molar-refractivity contribution in [2.75, 3.05) is 0 Å². The summed E-state index contributed by atoms with van der Waals surface area (Å²) in [5, 5.41) is 0. The monoisotopic (exact) mass is 485 g/mol. The van der Waals surface area contributed by atoms with Gasteiger partial charge < -0.3 is 0 Å². The average molecular weight is 487 g/mol. The van der Waals surface area contributed by atoms with Crippen molar-refractivity contribution >= 4 is 29.5 Å². The van der Waals surface area contributed by atoms with Crippen molar-refractivity contribution in [1.29, 1.82) is 0 Å². The van der Waals surface area contributed by atoms with Gasteiger partial charge in [0.15, 0.2) is 0 Å². The van der Waals surface area contributed by atoms with Gasteiger partial charge in [-0.25, -0.2) is 0 Å². The van der Waals surface area contributed by atoms with Gasteiger partial charge >= 0.3 is 160 Å². The zero-order valence-corrected chi connectivity index (χ0v) is 22.8. The summed E-state index contributed by atoms with van der Waals surface area (Å²) in [6.45, 7) is 20.9. The van der Waals surface area contributed by atoms with Crippen LogP contribution in [0.4, 0.5) is 0 Å². The Labute approximate surface area is 172 Å². The largest absolute Gasteiger partial charge is 0.147 e. The van der Waals surface area contributed by atoms with Crippen molar-refractivity contribution in [3.63, 3.8) is 0 Å². The molecule has 1 rings (SSSR count). The van der Waals surface area contributed by atoms with Crippen LogP contribution in [0, 0.1) is 0 Å². The van der Waals surface area contributed by atoms with E-state index in [0.29, 0.717) is 0 Å². The van der Waals surface area contributed by atoms with Crippen LogP contribution in [0.15, 0.2) is 21.5 Å². The predicted molar refractivity (Wildman–Crippen MR) is 108 cm³/mol. The Morgan fingerprint density at radius 2 is 1.24 bits per heavy atom. The molecule has 0 fully saturated rings. The average Bonchev–Trinajstić information content (AvgIpc) is 2.71. The molecule has 0 radical (unpaired) electrons. The van der Waals surface area contributed by atoms with Crippen LogP contribution in [0.2, 0.25) is 26.2 Å². The van der Waals surface area contributed by atoms with E-state index in [0.717, 1.165) is 6.42 Å². The second-order valence-corrected chi connectivity index (χ2v) is 21.5. The van der Waals surface area contributed by atoms with E-state index >= 15 is 0 Å². The van der Waals surface area contributed by atoms with Crippen LogP contribution in [0.25, 0.3) is 0 Å². The minimum Gasteiger partial charge on any atom is -0.147 e. The number of allylic oxidation sites excluding steroid dienone is 4. The molecular formula is C17H36ClO4Si2Zr. The molecule has 0 spiro atoms. The molecule has 147 valence electrons. The van der Waals surface area contributed by atoms with E-state index in [1.807, 2.05) is 0 Å². The van der Waals surface area contributed by atoms with Crippen LogP contribution >= 0.6 is 12.4 Å². The second kappa shape index (κ2) is 9.42. The van der Waals surface area contributed by atoms with Crippen LogP contribution in [0.3, 0.4) is 0 Å². The van der Waals surface area contributed by atoms with Crippen molar-refractivity contribution in [3.8, 4) is 0 Å². The van der Waals surface area contributed by atoms with Crippen LogP contribution in [0.1, 0.15) is 48.0 Å². The van der Waals surface area contributed by atoms with Gasteiger partial charge in [0.25, 0.3) is 0 Å². The first-order valence-corrected chi connectivity index (χ1v) is 17.5. The Balaban J connectivity index is 0.00000576. The van der Waals surface area contributed by atoms with Gasteiger partial charge in [-0.05, 0) is 0 Å². The zero-order chi connectivity index (χ0) is 18.8. The molecule has 0 aliphatic heterocycles. The molecule has 1 aliphatic rings. The standard InChI is InChI=1S/2C6H15O2Si.C5H5.ClH.Zr/c2*1-6(2,3)8-9(4,5)7;1-2-4-5-3-1;;/h2*1-5H3;1-3H,4H2;1H;/q2*-1;;;+2. The maximum atomic E-state index is 6.59. The summed E-state index contributed by atoms with van der Waals surface area (Å²) < 4.78 is 27.0. The summed E-state index contributed by atoms with van der Waals surface area (Å²) in [7, 11) is -4.53. The van der Waals surface area contributed by atoms with Gasteiger partial charge in [-0.15, -0.1) is 12.4 Å². The van der Waals surface area contributed by atoms with Crippen LogP contribution in [-0.2, 0) is 36.5 Å². The molecule has 0 unspecified atom stereocenters. The third-order valence-corrected chi connectivity index (χ3v) is 18.6. The number of hydrogen-bond acceptors (Lipinski definition) is 4. The minimum absolute atomic E-state index is 0. The topological polar surface area (TPSA) is 36.9 Å². The van der Waals surface area contributed by atoms with E-state index in [2.05, 4.69) is 86.0 Å². The van der Waals surface area contributed by atoms with Gasteiger partial charge in [-0.1, -0.05) is 0 Å². The molecule has 0 bridgehead atoms. The number of hydrogen-bond donors (Lipinski definition) is 0. The van der Waals surface area contributed by atoms with E-state index < -0.39 is 39.8 Å². The van der Waals surface area contributed by atoms with E-state index in [4.69, 9.17) is 13.9 Å². The summed E-state index contributed by atoms with van der Waals surface area (Å²) in [6, 6.07) is 0. The molecule has 0 N–H and O–H groups in total. The fourth-order valence-corrected chi connectivity index (χ4v) is 18.4. The van der Waals surface area contributed by atoms with Gasteiger partial charge in [0.05, 0.1) is 0 Å². The quantitative estimate of drug-likeness (QED) is 0.428. The molecule has 8 heteroatoms. The molecule has 0 saturated heterocycles. The maximum absolute atomic E-state index is 6.59.